The highest BCUT2D eigenvalue weighted by Crippen LogP contribution is 2.22. The summed E-state index contributed by atoms with van der Waals surface area (Å²) in [6, 6.07) is 12.4. The largest absolute Gasteiger partial charge is 0.329 e. The Morgan fingerprint density at radius 3 is 2.61 bits per heavy atom. The molecule has 0 fully saturated rings. The maximum Gasteiger partial charge on any atom is 0.329 e. The Morgan fingerprint density at radius 2 is 1.87 bits per heavy atom. The van der Waals surface area contributed by atoms with Crippen molar-refractivity contribution in [1.29, 1.82) is 0 Å². The van der Waals surface area contributed by atoms with Crippen LogP contribution in [0.5, 0.6) is 0 Å². The lowest BCUT2D eigenvalue weighted by molar-refractivity contribution is -0.136. The van der Waals surface area contributed by atoms with Crippen LogP contribution in [0.4, 0.5) is 5.69 Å². The quantitative estimate of drug-likeness (QED) is 0.475. The van der Waals surface area contributed by atoms with Crippen molar-refractivity contribution in [3.8, 4) is 0 Å². The number of benzene rings is 2. The number of anilines is 1. The highest BCUT2D eigenvalue weighted by Gasteiger charge is 2.14. The summed E-state index contributed by atoms with van der Waals surface area (Å²) in [5, 5.41) is 6.77. The first kappa shape index (κ1) is 17.2. The molecule has 0 radical (unpaired) electrons. The van der Waals surface area contributed by atoms with Crippen LogP contribution in [0.1, 0.15) is 11.1 Å². The van der Waals surface area contributed by atoms with Crippen LogP contribution in [0.25, 0.3) is 0 Å². The van der Waals surface area contributed by atoms with Crippen LogP contribution in [-0.4, -0.2) is 18.0 Å². The van der Waals surface area contributed by atoms with Gasteiger partial charge in [0.15, 0.2) is 0 Å². The smallest absolute Gasteiger partial charge is 0.317 e. The Kier molecular flexibility index (Phi) is 5.90. The lowest BCUT2D eigenvalue weighted by atomic mass is 10.2. The molecule has 23 heavy (non-hydrogen) atoms. The molecule has 2 N–H and O–H groups in total. The van der Waals surface area contributed by atoms with Gasteiger partial charge >= 0.3 is 11.8 Å². The second-order valence-corrected chi connectivity index (χ2v) is 5.85. The second kappa shape index (κ2) is 7.89. The number of amides is 2. The van der Waals surface area contributed by atoms with Gasteiger partial charge in [0, 0.05) is 20.7 Å². The van der Waals surface area contributed by atoms with Crippen molar-refractivity contribution in [2.75, 3.05) is 5.32 Å². The molecule has 0 spiro atoms. The van der Waals surface area contributed by atoms with E-state index in [1.54, 1.807) is 25.1 Å². The number of carbonyl (C=O) groups is 2. The van der Waals surface area contributed by atoms with Gasteiger partial charge in [-0.15, -0.1) is 0 Å². The Hall–Kier alpha value is -2.18. The molecule has 0 aliphatic carbocycles. The maximum atomic E-state index is 11.8. The van der Waals surface area contributed by atoms with Gasteiger partial charge in [0.05, 0.1) is 6.21 Å². The van der Waals surface area contributed by atoms with Crippen LogP contribution in [0, 0.1) is 6.92 Å². The van der Waals surface area contributed by atoms with Crippen molar-refractivity contribution in [3.05, 3.63) is 63.1 Å². The molecule has 0 aliphatic heterocycles. The highest BCUT2D eigenvalue weighted by molar-refractivity contribution is 9.10. The van der Waals surface area contributed by atoms with E-state index in [1.807, 2.05) is 24.3 Å². The minimum Gasteiger partial charge on any atom is -0.317 e. The van der Waals surface area contributed by atoms with Crippen molar-refractivity contribution in [2.24, 2.45) is 5.10 Å². The molecule has 0 atom stereocenters. The van der Waals surface area contributed by atoms with Crippen LogP contribution in [0.2, 0.25) is 5.02 Å². The molecule has 5 nitrogen and oxygen atoms in total. The van der Waals surface area contributed by atoms with Crippen molar-refractivity contribution in [1.82, 2.24) is 5.43 Å². The van der Waals surface area contributed by atoms with E-state index in [1.165, 1.54) is 6.21 Å². The third-order valence-electron chi connectivity index (χ3n) is 3.00. The van der Waals surface area contributed by atoms with Gasteiger partial charge in [-0.1, -0.05) is 51.8 Å². The van der Waals surface area contributed by atoms with E-state index in [9.17, 15) is 9.59 Å². The van der Waals surface area contributed by atoms with Crippen LogP contribution < -0.4 is 10.7 Å². The van der Waals surface area contributed by atoms with E-state index >= 15 is 0 Å². The molecule has 0 aromatic heterocycles. The van der Waals surface area contributed by atoms with Crippen molar-refractivity contribution >= 4 is 51.2 Å². The minimum atomic E-state index is -0.868. The van der Waals surface area contributed by atoms with Crippen LogP contribution in [0.3, 0.4) is 0 Å². The van der Waals surface area contributed by atoms with Gasteiger partial charge in [-0.25, -0.2) is 5.43 Å². The molecular formula is C16H13BrClN3O2. The van der Waals surface area contributed by atoms with Gasteiger partial charge in [-0.2, -0.15) is 5.10 Å². The number of halogens is 2. The van der Waals surface area contributed by atoms with E-state index in [2.05, 4.69) is 31.8 Å². The minimum absolute atomic E-state index is 0.479. The summed E-state index contributed by atoms with van der Waals surface area (Å²) >= 11 is 9.32. The molecule has 0 bridgehead atoms. The van der Waals surface area contributed by atoms with Crippen LogP contribution in [0.15, 0.2) is 52.0 Å². The lowest BCUT2D eigenvalue weighted by Gasteiger charge is -2.08. The molecule has 0 aliphatic rings. The fourth-order valence-corrected chi connectivity index (χ4v) is 2.27. The molecule has 2 amide bonds. The fraction of sp³-hybridized carbons (Fsp3) is 0.0625. The Morgan fingerprint density at radius 1 is 1.13 bits per heavy atom. The summed E-state index contributed by atoms with van der Waals surface area (Å²) in [6.07, 6.45) is 1.44. The molecule has 0 saturated heterocycles. The number of nitrogens with one attached hydrogen (secondary N) is 2. The predicted molar refractivity (Wildman–Crippen MR) is 94.7 cm³/mol. The maximum absolute atomic E-state index is 11.8. The second-order valence-electron chi connectivity index (χ2n) is 4.59. The van der Waals surface area contributed by atoms with E-state index < -0.39 is 11.8 Å². The summed E-state index contributed by atoms with van der Waals surface area (Å²) in [5.41, 5.74) is 4.12. The van der Waals surface area contributed by atoms with Gasteiger partial charge in [-0.3, -0.25) is 9.59 Å². The van der Waals surface area contributed by atoms with Crippen LogP contribution >= 0.6 is 27.5 Å². The molecular weight excluding hydrogens is 382 g/mol. The standard InChI is InChI=1S/C16H13BrClN3O2/c1-10-13(18)7-4-8-14(10)20-15(22)16(23)21-19-9-11-5-2-3-6-12(11)17/h2-9H,1H3,(H,20,22)(H,21,23)/b19-9-. The molecule has 0 heterocycles. The molecule has 2 aromatic rings. The summed E-state index contributed by atoms with van der Waals surface area (Å²) in [6.45, 7) is 1.75. The molecule has 7 heteroatoms. The third kappa shape index (κ3) is 4.64. The third-order valence-corrected chi connectivity index (χ3v) is 4.13. The van der Waals surface area contributed by atoms with E-state index in [0.29, 0.717) is 16.3 Å². The first-order valence-electron chi connectivity index (χ1n) is 6.63. The van der Waals surface area contributed by atoms with Gasteiger partial charge in [-0.05, 0) is 30.7 Å². The number of hydrazone groups is 1. The first-order chi connectivity index (χ1) is 11.0. The zero-order valence-corrected chi connectivity index (χ0v) is 14.5. The molecule has 2 aromatic carbocycles. The Bertz CT molecular complexity index is 778. The number of rotatable bonds is 3. The van der Waals surface area contributed by atoms with Gasteiger partial charge in [0.2, 0.25) is 0 Å². The number of nitrogens with zero attached hydrogens (tertiary/aromatic N) is 1. The molecule has 0 unspecified atom stereocenters. The molecule has 118 valence electrons. The van der Waals surface area contributed by atoms with Gasteiger partial charge in [0.1, 0.15) is 0 Å². The van der Waals surface area contributed by atoms with Crippen molar-refractivity contribution in [3.63, 3.8) is 0 Å². The predicted octanol–water partition coefficient (Wildman–Crippen LogP) is 3.50. The monoisotopic (exact) mass is 393 g/mol. The topological polar surface area (TPSA) is 70.6 Å². The summed E-state index contributed by atoms with van der Waals surface area (Å²) in [4.78, 5) is 23.6. The number of carbonyl (C=O) groups excluding carboxylic acids is 2. The van der Waals surface area contributed by atoms with E-state index in [4.69, 9.17) is 11.6 Å². The van der Waals surface area contributed by atoms with Crippen molar-refractivity contribution in [2.45, 2.75) is 6.92 Å². The van der Waals surface area contributed by atoms with E-state index in [0.717, 1.165) is 10.0 Å². The van der Waals surface area contributed by atoms with Crippen LogP contribution in [-0.2, 0) is 9.59 Å². The summed E-state index contributed by atoms with van der Waals surface area (Å²) < 4.78 is 0.831. The molecule has 2 rings (SSSR count). The fourth-order valence-electron chi connectivity index (χ4n) is 1.71. The summed E-state index contributed by atoms with van der Waals surface area (Å²) in [7, 11) is 0. The van der Waals surface area contributed by atoms with Gasteiger partial charge in [0.25, 0.3) is 0 Å². The van der Waals surface area contributed by atoms with Crippen molar-refractivity contribution < 1.29 is 9.59 Å². The van der Waals surface area contributed by atoms with E-state index in [-0.39, 0.29) is 0 Å². The Labute approximate surface area is 146 Å². The lowest BCUT2D eigenvalue weighted by Crippen LogP contribution is -2.32. The number of hydrogen-bond acceptors (Lipinski definition) is 3. The average molecular weight is 395 g/mol. The van der Waals surface area contributed by atoms with Gasteiger partial charge < -0.3 is 5.32 Å². The molecule has 0 saturated carbocycles. The zero-order chi connectivity index (χ0) is 16.8. The Balaban J connectivity index is 1.97. The normalized spacial score (nSPS) is 10.6. The average Bonchev–Trinajstić information content (AvgIpc) is 2.53. The number of hydrogen-bond donors (Lipinski definition) is 2. The highest BCUT2D eigenvalue weighted by atomic mass is 79.9. The summed E-state index contributed by atoms with van der Waals surface area (Å²) in [5.74, 6) is -1.69. The first-order valence-corrected chi connectivity index (χ1v) is 7.80. The zero-order valence-electron chi connectivity index (χ0n) is 12.1. The SMILES string of the molecule is Cc1c(Cl)cccc1NC(=O)C(=O)N/N=C\c1ccccc1Br.